The smallest absolute Gasteiger partial charge is 0.138 e. The Morgan fingerprint density at radius 2 is 1.78 bits per heavy atom. The maximum atomic E-state index is 5.23. The third kappa shape index (κ3) is 3.58. The molecule has 0 saturated heterocycles. The topological polar surface area (TPSA) is 50.3 Å². The molecule has 0 amide bonds. The predicted octanol–water partition coefficient (Wildman–Crippen LogP) is 4.00. The summed E-state index contributed by atoms with van der Waals surface area (Å²) in [5.41, 5.74) is 1.98. The Labute approximate surface area is 135 Å². The average molecular weight is 306 g/mol. The van der Waals surface area contributed by atoms with Gasteiger partial charge in [-0.2, -0.15) is 0 Å². The summed E-state index contributed by atoms with van der Waals surface area (Å²) < 4.78 is 5.23. The number of methoxy groups -OCH3 is 1. The van der Waals surface area contributed by atoms with Gasteiger partial charge in [-0.25, -0.2) is 9.97 Å². The van der Waals surface area contributed by atoms with E-state index in [9.17, 15) is 0 Å². The van der Waals surface area contributed by atoms with Crippen molar-refractivity contribution in [3.05, 3.63) is 67.0 Å². The normalized spacial score (nSPS) is 10.2. The number of ether oxygens (including phenoxy) is 1. The summed E-state index contributed by atoms with van der Waals surface area (Å²) in [4.78, 5) is 10.6. The zero-order valence-corrected chi connectivity index (χ0v) is 13.1. The molecule has 1 heterocycles. The van der Waals surface area contributed by atoms with E-state index in [4.69, 9.17) is 4.74 Å². The number of anilines is 4. The summed E-state index contributed by atoms with van der Waals surface area (Å²) >= 11 is 0. The van der Waals surface area contributed by atoms with E-state index in [1.54, 1.807) is 13.4 Å². The number of rotatable bonds is 5. The lowest BCUT2D eigenvalue weighted by Gasteiger charge is -2.18. The van der Waals surface area contributed by atoms with Gasteiger partial charge in [0, 0.05) is 30.6 Å². The highest BCUT2D eigenvalue weighted by Crippen LogP contribution is 2.25. The first-order chi connectivity index (χ1) is 11.3. The van der Waals surface area contributed by atoms with E-state index in [0.29, 0.717) is 0 Å². The minimum Gasteiger partial charge on any atom is -0.497 e. The van der Waals surface area contributed by atoms with Crippen molar-refractivity contribution in [1.82, 2.24) is 9.97 Å². The minimum absolute atomic E-state index is 0.728. The summed E-state index contributed by atoms with van der Waals surface area (Å²) in [5, 5.41) is 3.27. The fourth-order valence-corrected chi connectivity index (χ4v) is 2.23. The summed E-state index contributed by atoms with van der Waals surface area (Å²) in [5.74, 6) is 2.34. The molecule has 0 spiro atoms. The SMILES string of the molecule is COc1cccc(Nc2cc(N(C)c3ccccc3)ncn2)c1. The van der Waals surface area contributed by atoms with E-state index in [-0.39, 0.29) is 0 Å². The van der Waals surface area contributed by atoms with Crippen molar-refractivity contribution in [2.75, 3.05) is 24.4 Å². The van der Waals surface area contributed by atoms with Gasteiger partial charge in [-0.15, -0.1) is 0 Å². The first kappa shape index (κ1) is 14.8. The second-order valence-electron chi connectivity index (χ2n) is 5.01. The number of aromatic nitrogens is 2. The largest absolute Gasteiger partial charge is 0.497 e. The Morgan fingerprint density at radius 3 is 2.57 bits per heavy atom. The molecule has 3 aromatic rings. The fourth-order valence-electron chi connectivity index (χ4n) is 2.23. The third-order valence-corrected chi connectivity index (χ3v) is 3.48. The van der Waals surface area contributed by atoms with E-state index in [2.05, 4.69) is 15.3 Å². The standard InChI is InChI=1S/C18H18N4O/c1-22(15-8-4-3-5-9-15)18-12-17(19-13-20-18)21-14-7-6-10-16(11-14)23-2/h3-13H,1-2H3,(H,19,20,21). The fraction of sp³-hybridized carbons (Fsp3) is 0.111. The van der Waals surface area contributed by atoms with Crippen LogP contribution in [0.15, 0.2) is 67.0 Å². The van der Waals surface area contributed by atoms with Crippen LogP contribution in [-0.2, 0) is 0 Å². The van der Waals surface area contributed by atoms with Crippen LogP contribution in [0.2, 0.25) is 0 Å². The maximum absolute atomic E-state index is 5.23. The third-order valence-electron chi connectivity index (χ3n) is 3.48. The number of para-hydroxylation sites is 1. The van der Waals surface area contributed by atoms with Crippen LogP contribution in [0.1, 0.15) is 0 Å². The highest BCUT2D eigenvalue weighted by atomic mass is 16.5. The van der Waals surface area contributed by atoms with Gasteiger partial charge in [0.1, 0.15) is 23.7 Å². The molecule has 0 saturated carbocycles. The van der Waals surface area contributed by atoms with Crippen molar-refractivity contribution >= 4 is 23.0 Å². The van der Waals surface area contributed by atoms with Gasteiger partial charge in [0.2, 0.25) is 0 Å². The lowest BCUT2D eigenvalue weighted by molar-refractivity contribution is 0.415. The highest BCUT2D eigenvalue weighted by molar-refractivity contribution is 5.64. The predicted molar refractivity (Wildman–Crippen MR) is 92.8 cm³/mol. The van der Waals surface area contributed by atoms with Crippen molar-refractivity contribution < 1.29 is 4.74 Å². The van der Waals surface area contributed by atoms with Crippen LogP contribution >= 0.6 is 0 Å². The zero-order chi connectivity index (χ0) is 16.1. The Morgan fingerprint density at radius 1 is 0.957 bits per heavy atom. The molecule has 0 aliphatic carbocycles. The van der Waals surface area contributed by atoms with Gasteiger partial charge in [0.15, 0.2) is 0 Å². The van der Waals surface area contributed by atoms with Crippen molar-refractivity contribution in [2.45, 2.75) is 0 Å². The van der Waals surface area contributed by atoms with Crippen LogP contribution in [-0.4, -0.2) is 24.1 Å². The van der Waals surface area contributed by atoms with Gasteiger partial charge in [-0.3, -0.25) is 0 Å². The summed E-state index contributed by atoms with van der Waals surface area (Å²) in [6.45, 7) is 0. The second kappa shape index (κ2) is 6.79. The molecule has 0 atom stereocenters. The first-order valence-corrected chi connectivity index (χ1v) is 7.28. The molecule has 2 aromatic carbocycles. The Balaban J connectivity index is 1.82. The molecule has 0 radical (unpaired) electrons. The van der Waals surface area contributed by atoms with Crippen molar-refractivity contribution in [2.24, 2.45) is 0 Å². The Bertz CT molecular complexity index is 777. The minimum atomic E-state index is 0.728. The van der Waals surface area contributed by atoms with Gasteiger partial charge in [-0.05, 0) is 24.3 Å². The molecular weight excluding hydrogens is 288 g/mol. The molecular formula is C18H18N4O. The molecule has 23 heavy (non-hydrogen) atoms. The summed E-state index contributed by atoms with van der Waals surface area (Å²) in [6.07, 6.45) is 1.55. The molecule has 1 aromatic heterocycles. The number of hydrogen-bond donors (Lipinski definition) is 1. The van der Waals surface area contributed by atoms with Crippen LogP contribution in [0, 0.1) is 0 Å². The van der Waals surface area contributed by atoms with Gasteiger partial charge in [-0.1, -0.05) is 24.3 Å². The van der Waals surface area contributed by atoms with Gasteiger partial charge in [0.25, 0.3) is 0 Å². The van der Waals surface area contributed by atoms with E-state index in [1.165, 1.54) is 0 Å². The number of benzene rings is 2. The summed E-state index contributed by atoms with van der Waals surface area (Å²) in [6, 6.07) is 19.7. The monoisotopic (exact) mass is 306 g/mol. The lowest BCUT2D eigenvalue weighted by atomic mass is 10.3. The quantitative estimate of drug-likeness (QED) is 0.772. The molecule has 0 fully saturated rings. The summed E-state index contributed by atoms with van der Waals surface area (Å²) in [7, 11) is 3.63. The van der Waals surface area contributed by atoms with Gasteiger partial charge in [0.05, 0.1) is 7.11 Å². The molecule has 3 rings (SSSR count). The van der Waals surface area contributed by atoms with Crippen LogP contribution in [0.5, 0.6) is 5.75 Å². The van der Waals surface area contributed by atoms with E-state index >= 15 is 0 Å². The van der Waals surface area contributed by atoms with E-state index < -0.39 is 0 Å². The molecule has 0 aliphatic heterocycles. The van der Waals surface area contributed by atoms with Gasteiger partial charge >= 0.3 is 0 Å². The maximum Gasteiger partial charge on any atom is 0.138 e. The Kier molecular flexibility index (Phi) is 4.38. The van der Waals surface area contributed by atoms with E-state index in [0.717, 1.165) is 28.8 Å². The molecule has 5 nitrogen and oxygen atoms in total. The molecule has 0 bridgehead atoms. The lowest BCUT2D eigenvalue weighted by Crippen LogP contribution is -2.11. The van der Waals surface area contributed by atoms with Crippen LogP contribution in [0.4, 0.5) is 23.0 Å². The van der Waals surface area contributed by atoms with Crippen LogP contribution < -0.4 is 15.0 Å². The molecule has 0 aliphatic rings. The van der Waals surface area contributed by atoms with E-state index in [1.807, 2.05) is 72.6 Å². The van der Waals surface area contributed by atoms with Crippen molar-refractivity contribution in [1.29, 1.82) is 0 Å². The highest BCUT2D eigenvalue weighted by Gasteiger charge is 2.07. The average Bonchev–Trinajstić information content (AvgIpc) is 2.62. The number of nitrogens with zero attached hydrogens (tertiary/aromatic N) is 3. The zero-order valence-electron chi connectivity index (χ0n) is 13.1. The van der Waals surface area contributed by atoms with Crippen molar-refractivity contribution in [3.63, 3.8) is 0 Å². The van der Waals surface area contributed by atoms with Gasteiger partial charge < -0.3 is 15.0 Å². The Hall–Kier alpha value is -3.08. The molecule has 116 valence electrons. The first-order valence-electron chi connectivity index (χ1n) is 7.28. The molecule has 0 unspecified atom stereocenters. The number of nitrogens with one attached hydrogen (secondary N) is 1. The number of hydrogen-bond acceptors (Lipinski definition) is 5. The van der Waals surface area contributed by atoms with Crippen LogP contribution in [0.3, 0.4) is 0 Å². The molecule has 1 N–H and O–H groups in total. The second-order valence-corrected chi connectivity index (χ2v) is 5.01. The van der Waals surface area contributed by atoms with Crippen molar-refractivity contribution in [3.8, 4) is 5.75 Å². The van der Waals surface area contributed by atoms with Crippen LogP contribution in [0.25, 0.3) is 0 Å². The molecule has 5 heteroatoms.